The van der Waals surface area contributed by atoms with E-state index < -0.39 is 5.60 Å². The van der Waals surface area contributed by atoms with Crippen LogP contribution in [0.5, 0.6) is 0 Å². The van der Waals surface area contributed by atoms with E-state index in [2.05, 4.69) is 0 Å². The highest BCUT2D eigenvalue weighted by Gasteiger charge is 2.40. The SMILES string of the molecule is NC(c1ccccc1)C1(O)CCC1. The van der Waals surface area contributed by atoms with E-state index in [-0.39, 0.29) is 6.04 Å². The first-order valence-electron chi connectivity index (χ1n) is 4.75. The number of benzene rings is 1. The summed E-state index contributed by atoms with van der Waals surface area (Å²) in [5.41, 5.74) is 6.38. The molecule has 2 heteroatoms. The molecular formula is C11H15NO. The quantitative estimate of drug-likeness (QED) is 0.720. The first-order chi connectivity index (χ1) is 6.22. The fourth-order valence-electron chi connectivity index (χ4n) is 1.82. The zero-order valence-electron chi connectivity index (χ0n) is 7.61. The molecule has 0 saturated heterocycles. The topological polar surface area (TPSA) is 46.2 Å². The van der Waals surface area contributed by atoms with E-state index in [1.165, 1.54) is 0 Å². The monoisotopic (exact) mass is 177 g/mol. The van der Waals surface area contributed by atoms with E-state index in [1.807, 2.05) is 30.3 Å². The minimum atomic E-state index is -0.638. The van der Waals surface area contributed by atoms with Gasteiger partial charge in [-0.25, -0.2) is 0 Å². The summed E-state index contributed by atoms with van der Waals surface area (Å²) in [4.78, 5) is 0. The van der Waals surface area contributed by atoms with Crippen molar-refractivity contribution in [3.05, 3.63) is 35.9 Å². The van der Waals surface area contributed by atoms with Crippen LogP contribution in [-0.2, 0) is 0 Å². The molecule has 0 amide bonds. The maximum atomic E-state index is 10.0. The molecule has 0 aromatic heterocycles. The predicted octanol–water partition coefficient (Wildman–Crippen LogP) is 1.60. The second kappa shape index (κ2) is 3.13. The van der Waals surface area contributed by atoms with Gasteiger partial charge in [0.25, 0.3) is 0 Å². The van der Waals surface area contributed by atoms with Gasteiger partial charge in [-0.1, -0.05) is 30.3 Å². The van der Waals surface area contributed by atoms with Crippen molar-refractivity contribution in [2.24, 2.45) is 5.73 Å². The Kier molecular flexibility index (Phi) is 2.10. The molecule has 0 heterocycles. The zero-order chi connectivity index (χ0) is 9.31. The average Bonchev–Trinajstić information content (AvgIpc) is 2.14. The van der Waals surface area contributed by atoms with E-state index in [0.29, 0.717) is 0 Å². The Morgan fingerprint density at radius 2 is 1.85 bits per heavy atom. The molecule has 1 fully saturated rings. The highest BCUT2D eigenvalue weighted by atomic mass is 16.3. The van der Waals surface area contributed by atoms with Gasteiger partial charge in [0.05, 0.1) is 11.6 Å². The fraction of sp³-hybridized carbons (Fsp3) is 0.455. The van der Waals surface area contributed by atoms with E-state index in [4.69, 9.17) is 5.73 Å². The van der Waals surface area contributed by atoms with Crippen LogP contribution >= 0.6 is 0 Å². The number of hydrogen-bond donors (Lipinski definition) is 2. The lowest BCUT2D eigenvalue weighted by atomic mass is 9.73. The molecule has 1 aromatic rings. The number of aliphatic hydroxyl groups is 1. The molecule has 1 saturated carbocycles. The molecule has 1 aliphatic rings. The van der Waals surface area contributed by atoms with Gasteiger partial charge in [-0.05, 0) is 24.8 Å². The highest BCUT2D eigenvalue weighted by Crippen LogP contribution is 2.40. The molecule has 0 aliphatic heterocycles. The summed E-state index contributed by atoms with van der Waals surface area (Å²) in [5.74, 6) is 0. The van der Waals surface area contributed by atoms with Gasteiger partial charge in [0, 0.05) is 0 Å². The minimum absolute atomic E-state index is 0.220. The Morgan fingerprint density at radius 1 is 1.23 bits per heavy atom. The summed E-state index contributed by atoms with van der Waals surface area (Å²) in [6, 6.07) is 9.60. The Hall–Kier alpha value is -0.860. The van der Waals surface area contributed by atoms with Crippen LogP contribution in [0.2, 0.25) is 0 Å². The van der Waals surface area contributed by atoms with Crippen LogP contribution in [0.4, 0.5) is 0 Å². The molecule has 0 spiro atoms. The van der Waals surface area contributed by atoms with Crippen molar-refractivity contribution < 1.29 is 5.11 Å². The standard InChI is InChI=1S/C11H15NO/c12-10(11(13)7-4-8-11)9-5-2-1-3-6-9/h1-3,5-6,10,13H,4,7-8,12H2. The maximum absolute atomic E-state index is 10.0. The third-order valence-electron chi connectivity index (χ3n) is 2.96. The molecule has 0 radical (unpaired) electrons. The molecule has 2 rings (SSSR count). The lowest BCUT2D eigenvalue weighted by Gasteiger charge is -2.41. The minimum Gasteiger partial charge on any atom is -0.388 e. The Bertz CT molecular complexity index is 279. The van der Waals surface area contributed by atoms with Crippen molar-refractivity contribution in [1.82, 2.24) is 0 Å². The summed E-state index contributed by atoms with van der Waals surface area (Å²) >= 11 is 0. The smallest absolute Gasteiger partial charge is 0.0839 e. The van der Waals surface area contributed by atoms with Gasteiger partial charge in [-0.3, -0.25) is 0 Å². The normalized spacial score (nSPS) is 22.0. The Labute approximate surface area is 78.4 Å². The molecule has 70 valence electrons. The van der Waals surface area contributed by atoms with Gasteiger partial charge in [-0.15, -0.1) is 0 Å². The van der Waals surface area contributed by atoms with Crippen LogP contribution in [-0.4, -0.2) is 10.7 Å². The summed E-state index contributed by atoms with van der Waals surface area (Å²) in [5, 5.41) is 10.0. The lowest BCUT2D eigenvalue weighted by Crippen LogP contribution is -2.46. The van der Waals surface area contributed by atoms with Crippen LogP contribution in [0.3, 0.4) is 0 Å². The second-order valence-electron chi connectivity index (χ2n) is 3.85. The van der Waals surface area contributed by atoms with Gasteiger partial charge in [0.15, 0.2) is 0 Å². The second-order valence-corrected chi connectivity index (χ2v) is 3.85. The summed E-state index contributed by atoms with van der Waals surface area (Å²) in [7, 11) is 0. The maximum Gasteiger partial charge on any atom is 0.0839 e. The molecule has 1 unspecified atom stereocenters. The Morgan fingerprint density at radius 3 is 2.31 bits per heavy atom. The highest BCUT2D eigenvalue weighted by molar-refractivity contribution is 5.22. The number of hydrogen-bond acceptors (Lipinski definition) is 2. The molecular weight excluding hydrogens is 162 g/mol. The summed E-state index contributed by atoms with van der Waals surface area (Å²) < 4.78 is 0. The summed E-state index contributed by atoms with van der Waals surface area (Å²) in [6.07, 6.45) is 2.77. The largest absolute Gasteiger partial charge is 0.388 e. The van der Waals surface area contributed by atoms with Gasteiger partial charge >= 0.3 is 0 Å². The fourth-order valence-corrected chi connectivity index (χ4v) is 1.82. The van der Waals surface area contributed by atoms with Gasteiger partial charge in [0.1, 0.15) is 0 Å². The van der Waals surface area contributed by atoms with Crippen molar-refractivity contribution in [3.8, 4) is 0 Å². The summed E-state index contributed by atoms with van der Waals surface area (Å²) in [6.45, 7) is 0. The average molecular weight is 177 g/mol. The predicted molar refractivity (Wildman–Crippen MR) is 52.2 cm³/mol. The van der Waals surface area contributed by atoms with E-state index in [0.717, 1.165) is 24.8 Å². The van der Waals surface area contributed by atoms with Gasteiger partial charge in [0.2, 0.25) is 0 Å². The third kappa shape index (κ3) is 1.47. The van der Waals surface area contributed by atoms with Crippen LogP contribution < -0.4 is 5.73 Å². The van der Waals surface area contributed by atoms with Crippen molar-refractivity contribution in [3.63, 3.8) is 0 Å². The molecule has 0 bridgehead atoms. The number of nitrogens with two attached hydrogens (primary N) is 1. The number of rotatable bonds is 2. The molecule has 1 aliphatic carbocycles. The first kappa shape index (κ1) is 8.73. The van der Waals surface area contributed by atoms with Gasteiger partial charge < -0.3 is 10.8 Å². The van der Waals surface area contributed by atoms with Crippen molar-refractivity contribution in [2.75, 3.05) is 0 Å². The molecule has 1 aromatic carbocycles. The van der Waals surface area contributed by atoms with Crippen molar-refractivity contribution in [1.29, 1.82) is 0 Å². The van der Waals surface area contributed by atoms with Crippen molar-refractivity contribution >= 4 is 0 Å². The van der Waals surface area contributed by atoms with E-state index in [9.17, 15) is 5.11 Å². The third-order valence-corrected chi connectivity index (χ3v) is 2.96. The van der Waals surface area contributed by atoms with Crippen molar-refractivity contribution in [2.45, 2.75) is 30.9 Å². The van der Waals surface area contributed by atoms with E-state index in [1.54, 1.807) is 0 Å². The molecule has 1 atom stereocenters. The first-order valence-corrected chi connectivity index (χ1v) is 4.75. The lowest BCUT2D eigenvalue weighted by molar-refractivity contribution is -0.0559. The van der Waals surface area contributed by atoms with Crippen LogP contribution in [0.1, 0.15) is 30.9 Å². The van der Waals surface area contributed by atoms with Crippen LogP contribution in [0, 0.1) is 0 Å². The Balaban J connectivity index is 2.17. The van der Waals surface area contributed by atoms with Crippen LogP contribution in [0.15, 0.2) is 30.3 Å². The molecule has 13 heavy (non-hydrogen) atoms. The molecule has 3 N–H and O–H groups in total. The van der Waals surface area contributed by atoms with Crippen LogP contribution in [0.25, 0.3) is 0 Å². The zero-order valence-corrected chi connectivity index (χ0v) is 7.61. The molecule has 2 nitrogen and oxygen atoms in total. The van der Waals surface area contributed by atoms with Gasteiger partial charge in [-0.2, -0.15) is 0 Å². The van der Waals surface area contributed by atoms with E-state index >= 15 is 0 Å².